The van der Waals surface area contributed by atoms with Gasteiger partial charge in [0.25, 0.3) is 0 Å². The van der Waals surface area contributed by atoms with Gasteiger partial charge in [0.1, 0.15) is 0 Å². The zero-order valence-electron chi connectivity index (χ0n) is 10.6. The van der Waals surface area contributed by atoms with Crippen molar-refractivity contribution in [3.63, 3.8) is 0 Å². The number of alkyl halides is 1. The first-order chi connectivity index (χ1) is 8.78. The average molecular weight is 328 g/mol. The molecule has 2 fully saturated rings. The third-order valence-corrected chi connectivity index (χ3v) is 6.24. The van der Waals surface area contributed by atoms with Gasteiger partial charge in [0.2, 0.25) is 0 Å². The minimum atomic E-state index is 0.764. The van der Waals surface area contributed by atoms with Crippen molar-refractivity contribution >= 4 is 27.5 Å². The van der Waals surface area contributed by atoms with Crippen molar-refractivity contribution in [1.29, 1.82) is 0 Å². The van der Waals surface area contributed by atoms with Crippen LogP contribution < -0.4 is 0 Å². The van der Waals surface area contributed by atoms with E-state index < -0.39 is 0 Å². The Kier molecular flexibility index (Phi) is 4.00. The molecule has 0 aromatic heterocycles. The van der Waals surface area contributed by atoms with Crippen molar-refractivity contribution in [3.05, 3.63) is 34.9 Å². The van der Waals surface area contributed by atoms with Crippen molar-refractivity contribution in [2.45, 2.75) is 32.1 Å². The molecule has 2 heteroatoms. The van der Waals surface area contributed by atoms with Gasteiger partial charge in [0.15, 0.2) is 0 Å². The fourth-order valence-corrected chi connectivity index (χ4v) is 5.06. The van der Waals surface area contributed by atoms with Crippen LogP contribution in [-0.4, -0.2) is 5.33 Å². The van der Waals surface area contributed by atoms with Crippen LogP contribution in [0, 0.1) is 23.7 Å². The Labute approximate surface area is 123 Å². The van der Waals surface area contributed by atoms with Crippen LogP contribution in [-0.2, 0) is 6.42 Å². The van der Waals surface area contributed by atoms with Gasteiger partial charge >= 0.3 is 0 Å². The second-order valence-corrected chi connectivity index (χ2v) is 7.10. The lowest BCUT2D eigenvalue weighted by Gasteiger charge is -2.29. The Balaban J connectivity index is 1.72. The number of benzene rings is 1. The molecule has 0 radical (unpaired) electrons. The Morgan fingerprint density at radius 2 is 2.06 bits per heavy atom. The summed E-state index contributed by atoms with van der Waals surface area (Å²) < 4.78 is 0. The molecule has 18 heavy (non-hydrogen) atoms. The Bertz CT molecular complexity index is 417. The van der Waals surface area contributed by atoms with Gasteiger partial charge in [-0.2, -0.15) is 0 Å². The van der Waals surface area contributed by atoms with Gasteiger partial charge in [-0.05, 0) is 61.0 Å². The Morgan fingerprint density at radius 1 is 1.22 bits per heavy atom. The SMILES string of the molecule is Clc1ccccc1CC(CBr)C1CC2CCC1C2. The molecule has 2 bridgehead atoms. The monoisotopic (exact) mass is 326 g/mol. The second kappa shape index (κ2) is 5.54. The fraction of sp³-hybridized carbons (Fsp3) is 0.625. The fourth-order valence-electron chi connectivity index (χ4n) is 4.14. The lowest BCUT2D eigenvalue weighted by Crippen LogP contribution is -2.24. The molecule has 0 nitrogen and oxygen atoms in total. The van der Waals surface area contributed by atoms with Crippen molar-refractivity contribution < 1.29 is 0 Å². The number of rotatable bonds is 4. The van der Waals surface area contributed by atoms with Crippen LogP contribution in [0.15, 0.2) is 24.3 Å². The molecule has 1 aromatic carbocycles. The summed E-state index contributed by atoms with van der Waals surface area (Å²) in [7, 11) is 0. The molecule has 0 amide bonds. The van der Waals surface area contributed by atoms with Gasteiger partial charge < -0.3 is 0 Å². The highest BCUT2D eigenvalue weighted by Gasteiger charge is 2.42. The van der Waals surface area contributed by atoms with Gasteiger partial charge in [-0.25, -0.2) is 0 Å². The van der Waals surface area contributed by atoms with Crippen LogP contribution in [0.3, 0.4) is 0 Å². The summed E-state index contributed by atoms with van der Waals surface area (Å²) in [5.74, 6) is 3.73. The van der Waals surface area contributed by atoms with E-state index in [0.29, 0.717) is 0 Å². The topological polar surface area (TPSA) is 0 Å². The van der Waals surface area contributed by atoms with E-state index in [0.717, 1.165) is 40.4 Å². The average Bonchev–Trinajstić information content (AvgIpc) is 3.00. The molecule has 0 aliphatic heterocycles. The highest BCUT2D eigenvalue weighted by molar-refractivity contribution is 9.09. The molecule has 0 spiro atoms. The molecule has 0 saturated heterocycles. The van der Waals surface area contributed by atoms with Crippen molar-refractivity contribution in [3.8, 4) is 0 Å². The van der Waals surface area contributed by atoms with Crippen LogP contribution in [0.1, 0.15) is 31.2 Å². The molecular weight excluding hydrogens is 308 g/mol. The predicted octanol–water partition coefficient (Wildman–Crippen LogP) is 5.33. The lowest BCUT2D eigenvalue weighted by atomic mass is 9.78. The maximum absolute atomic E-state index is 6.30. The first kappa shape index (κ1) is 13.0. The quantitative estimate of drug-likeness (QED) is 0.656. The maximum Gasteiger partial charge on any atom is 0.0438 e. The number of fused-ring (bicyclic) bond motifs is 2. The molecule has 2 saturated carbocycles. The van der Waals surface area contributed by atoms with Gasteiger partial charge in [0.05, 0.1) is 0 Å². The van der Waals surface area contributed by atoms with E-state index >= 15 is 0 Å². The van der Waals surface area contributed by atoms with Crippen LogP contribution >= 0.6 is 27.5 Å². The second-order valence-electron chi connectivity index (χ2n) is 6.05. The highest BCUT2D eigenvalue weighted by atomic mass is 79.9. The molecule has 3 rings (SSSR count). The highest BCUT2D eigenvalue weighted by Crippen LogP contribution is 2.52. The summed E-state index contributed by atoms with van der Waals surface area (Å²) >= 11 is 10.0. The van der Waals surface area contributed by atoms with Crippen molar-refractivity contribution in [1.82, 2.24) is 0 Å². The van der Waals surface area contributed by atoms with E-state index in [1.165, 1.54) is 31.2 Å². The summed E-state index contributed by atoms with van der Waals surface area (Å²) in [6.07, 6.45) is 7.06. The lowest BCUT2D eigenvalue weighted by molar-refractivity contribution is 0.245. The van der Waals surface area contributed by atoms with E-state index in [4.69, 9.17) is 11.6 Å². The summed E-state index contributed by atoms with van der Waals surface area (Å²) in [5, 5.41) is 2.05. The van der Waals surface area contributed by atoms with E-state index in [9.17, 15) is 0 Å². The zero-order valence-corrected chi connectivity index (χ0v) is 13.0. The number of halogens is 2. The van der Waals surface area contributed by atoms with Gasteiger partial charge in [0, 0.05) is 10.4 Å². The van der Waals surface area contributed by atoms with Gasteiger partial charge in [-0.3, -0.25) is 0 Å². The van der Waals surface area contributed by atoms with E-state index in [-0.39, 0.29) is 0 Å². The first-order valence-corrected chi connectivity index (χ1v) is 8.57. The van der Waals surface area contributed by atoms with Crippen molar-refractivity contribution in [2.24, 2.45) is 23.7 Å². The van der Waals surface area contributed by atoms with E-state index in [1.54, 1.807) is 0 Å². The summed E-state index contributed by atoms with van der Waals surface area (Å²) in [6.45, 7) is 0. The third kappa shape index (κ3) is 2.49. The predicted molar refractivity (Wildman–Crippen MR) is 81.4 cm³/mol. The molecule has 1 aromatic rings. The molecule has 2 aliphatic rings. The van der Waals surface area contributed by atoms with Gasteiger partial charge in [-0.1, -0.05) is 52.2 Å². The molecule has 4 atom stereocenters. The number of hydrogen-bond acceptors (Lipinski definition) is 0. The maximum atomic E-state index is 6.30. The minimum Gasteiger partial charge on any atom is -0.0925 e. The largest absolute Gasteiger partial charge is 0.0925 e. The van der Waals surface area contributed by atoms with Crippen LogP contribution in [0.4, 0.5) is 0 Å². The first-order valence-electron chi connectivity index (χ1n) is 7.07. The van der Waals surface area contributed by atoms with Gasteiger partial charge in [-0.15, -0.1) is 0 Å². The van der Waals surface area contributed by atoms with Crippen LogP contribution in [0.5, 0.6) is 0 Å². The normalized spacial score (nSPS) is 31.8. The minimum absolute atomic E-state index is 0.764. The molecular formula is C16H20BrCl. The molecule has 98 valence electrons. The van der Waals surface area contributed by atoms with Crippen molar-refractivity contribution in [2.75, 3.05) is 5.33 Å². The van der Waals surface area contributed by atoms with E-state index in [1.807, 2.05) is 12.1 Å². The summed E-state index contributed by atoms with van der Waals surface area (Å²) in [6, 6.07) is 8.33. The zero-order chi connectivity index (χ0) is 12.5. The van der Waals surface area contributed by atoms with E-state index in [2.05, 4.69) is 28.1 Å². The molecule has 0 heterocycles. The number of hydrogen-bond donors (Lipinski definition) is 0. The van der Waals surface area contributed by atoms with Crippen LogP contribution in [0.25, 0.3) is 0 Å². The molecule has 2 aliphatic carbocycles. The Morgan fingerprint density at radius 3 is 2.67 bits per heavy atom. The standard InChI is InChI=1S/C16H20BrCl/c17-10-14(9-13-3-1-2-4-16(13)18)15-8-11-5-6-12(15)7-11/h1-4,11-12,14-15H,5-10H2. The smallest absolute Gasteiger partial charge is 0.0438 e. The van der Waals surface area contributed by atoms with Crippen LogP contribution in [0.2, 0.25) is 5.02 Å². The Hall–Kier alpha value is -0.0100. The molecule has 4 unspecified atom stereocenters. The third-order valence-electron chi connectivity index (χ3n) is 5.04. The molecule has 0 N–H and O–H groups in total. The summed E-state index contributed by atoms with van der Waals surface area (Å²) in [4.78, 5) is 0. The summed E-state index contributed by atoms with van der Waals surface area (Å²) in [5.41, 5.74) is 1.33.